The number of aliphatic imine (C=N–C) groups is 2. The van der Waals surface area contributed by atoms with Gasteiger partial charge < -0.3 is 9.73 Å². The zero-order chi connectivity index (χ0) is 32.3. The molecule has 1 atom stereocenters. The van der Waals surface area contributed by atoms with Crippen LogP contribution >= 0.6 is 0 Å². The highest BCUT2D eigenvalue weighted by Gasteiger charge is 2.24. The minimum absolute atomic E-state index is 0.309. The van der Waals surface area contributed by atoms with Gasteiger partial charge in [-0.15, -0.1) is 0 Å². The van der Waals surface area contributed by atoms with Gasteiger partial charge in [0.2, 0.25) is 0 Å². The summed E-state index contributed by atoms with van der Waals surface area (Å²) in [4.78, 5) is 10.4. The second kappa shape index (κ2) is 11.0. The molecule has 1 N–H and O–H groups in total. The van der Waals surface area contributed by atoms with Crippen molar-refractivity contribution in [3.8, 4) is 11.1 Å². The van der Waals surface area contributed by atoms with E-state index in [0.717, 1.165) is 55.6 Å². The molecule has 0 saturated heterocycles. The zero-order valence-corrected chi connectivity index (χ0v) is 26.5. The molecule has 4 heteroatoms. The molecule has 0 aliphatic carbocycles. The highest BCUT2D eigenvalue weighted by Crippen LogP contribution is 2.37. The number of hydrogen-bond acceptors (Lipinski definition) is 4. The molecule has 4 nitrogen and oxygen atoms in total. The highest BCUT2D eigenvalue weighted by molar-refractivity contribution is 6.22. The van der Waals surface area contributed by atoms with E-state index in [9.17, 15) is 0 Å². The summed E-state index contributed by atoms with van der Waals surface area (Å²) in [5, 5.41) is 13.0. The van der Waals surface area contributed by atoms with Crippen molar-refractivity contribution >= 4 is 65.9 Å². The van der Waals surface area contributed by atoms with Gasteiger partial charge in [0.1, 0.15) is 23.2 Å². The first kappa shape index (κ1) is 27.6. The molecule has 0 fully saturated rings. The van der Waals surface area contributed by atoms with Crippen LogP contribution in [0.5, 0.6) is 0 Å². The maximum atomic E-state index is 6.56. The fraction of sp³-hybridized carbons (Fsp3) is 0.0222. The fourth-order valence-electron chi connectivity index (χ4n) is 7.23. The molecule has 1 aromatic heterocycles. The van der Waals surface area contributed by atoms with Gasteiger partial charge in [-0.2, -0.15) is 0 Å². The van der Waals surface area contributed by atoms with Crippen LogP contribution in [-0.2, 0) is 0 Å². The largest absolute Gasteiger partial charge is 0.456 e. The van der Waals surface area contributed by atoms with Crippen LogP contribution < -0.4 is 5.32 Å². The number of nitrogens with one attached hydrogen (secondary N) is 1. The summed E-state index contributed by atoms with van der Waals surface area (Å²) in [6.07, 6.45) is -0.309. The molecular weight excluding hydrogens is 599 g/mol. The van der Waals surface area contributed by atoms with E-state index in [0.29, 0.717) is 5.84 Å². The molecule has 9 aromatic rings. The number of nitrogens with zero attached hydrogens (tertiary/aromatic N) is 2. The van der Waals surface area contributed by atoms with E-state index in [1.807, 2.05) is 30.3 Å². The Morgan fingerprint density at radius 2 is 1.18 bits per heavy atom. The van der Waals surface area contributed by atoms with Crippen LogP contribution in [0.2, 0.25) is 0 Å². The van der Waals surface area contributed by atoms with Gasteiger partial charge in [0.05, 0.1) is 0 Å². The second-order valence-electron chi connectivity index (χ2n) is 12.6. The molecule has 0 spiro atoms. The molecule has 1 unspecified atom stereocenters. The van der Waals surface area contributed by atoms with E-state index in [1.165, 1.54) is 32.3 Å². The molecule has 0 saturated carbocycles. The summed E-state index contributed by atoms with van der Waals surface area (Å²) in [5.41, 5.74) is 6.96. The molecule has 1 aliphatic heterocycles. The van der Waals surface area contributed by atoms with E-state index in [2.05, 4.69) is 139 Å². The molecule has 8 aromatic carbocycles. The quantitative estimate of drug-likeness (QED) is 0.197. The maximum Gasteiger partial charge on any atom is 0.160 e. The maximum absolute atomic E-state index is 6.56. The van der Waals surface area contributed by atoms with Crippen LogP contribution in [0.1, 0.15) is 22.9 Å². The summed E-state index contributed by atoms with van der Waals surface area (Å²) in [6, 6.07) is 57.6. The van der Waals surface area contributed by atoms with Crippen LogP contribution in [0, 0.1) is 0 Å². The van der Waals surface area contributed by atoms with Gasteiger partial charge in [0, 0.05) is 21.9 Å². The van der Waals surface area contributed by atoms with Gasteiger partial charge in [-0.3, -0.25) is 0 Å². The van der Waals surface area contributed by atoms with E-state index in [1.54, 1.807) is 0 Å². The Kier molecular flexibility index (Phi) is 6.21. The standard InChI is InChI=1S/C45H29N3O/c1-2-11-31(12-3-1)43-46-44(35-22-17-28-9-4-5-13-32(28)25-35)48-45(47-43)38-15-8-16-40-42(38)37-24-23-34(27-41(37)49-40)33-21-20-30-19-18-29-10-6-7-14-36(29)39(30)26-33/h1-27,44H,(H,46,47,48). The first-order valence-electron chi connectivity index (χ1n) is 16.6. The van der Waals surface area contributed by atoms with E-state index < -0.39 is 0 Å². The van der Waals surface area contributed by atoms with Crippen molar-refractivity contribution in [2.75, 3.05) is 0 Å². The lowest BCUT2D eigenvalue weighted by atomic mass is 9.96. The topological polar surface area (TPSA) is 49.9 Å². The minimum atomic E-state index is -0.309. The SMILES string of the molecule is c1ccc(C2=NC(c3cccc4oc5cc(-c6ccc7ccc8ccccc8c7c6)ccc5c34)=NC(c3ccc4ccccc4c3)N2)cc1. The van der Waals surface area contributed by atoms with Crippen molar-refractivity contribution < 1.29 is 4.42 Å². The Bertz CT molecular complexity index is 2810. The van der Waals surface area contributed by atoms with Gasteiger partial charge in [-0.1, -0.05) is 133 Å². The van der Waals surface area contributed by atoms with Gasteiger partial charge in [-0.25, -0.2) is 9.98 Å². The van der Waals surface area contributed by atoms with Crippen LogP contribution in [0.25, 0.3) is 65.4 Å². The summed E-state index contributed by atoms with van der Waals surface area (Å²) in [7, 11) is 0. The molecule has 230 valence electrons. The summed E-state index contributed by atoms with van der Waals surface area (Å²) in [5.74, 6) is 1.47. The normalized spacial score (nSPS) is 14.7. The molecule has 0 amide bonds. The third kappa shape index (κ3) is 4.68. The van der Waals surface area contributed by atoms with Crippen molar-refractivity contribution in [1.29, 1.82) is 0 Å². The van der Waals surface area contributed by atoms with E-state index in [4.69, 9.17) is 14.4 Å². The molecule has 0 radical (unpaired) electrons. The fourth-order valence-corrected chi connectivity index (χ4v) is 7.23. The molecule has 0 bridgehead atoms. The van der Waals surface area contributed by atoms with Crippen molar-refractivity contribution in [3.63, 3.8) is 0 Å². The van der Waals surface area contributed by atoms with Crippen LogP contribution in [0.3, 0.4) is 0 Å². The number of hydrogen-bond donors (Lipinski definition) is 1. The number of fused-ring (bicyclic) bond motifs is 7. The number of benzene rings is 8. The Morgan fingerprint density at radius 3 is 2.08 bits per heavy atom. The lowest BCUT2D eigenvalue weighted by Crippen LogP contribution is -2.33. The van der Waals surface area contributed by atoms with E-state index >= 15 is 0 Å². The smallest absolute Gasteiger partial charge is 0.160 e. The Morgan fingerprint density at radius 1 is 0.469 bits per heavy atom. The molecular formula is C45H29N3O. The number of rotatable bonds is 4. The van der Waals surface area contributed by atoms with E-state index in [-0.39, 0.29) is 6.17 Å². The predicted molar refractivity (Wildman–Crippen MR) is 204 cm³/mol. The van der Waals surface area contributed by atoms with Gasteiger partial charge in [0.15, 0.2) is 5.84 Å². The van der Waals surface area contributed by atoms with Gasteiger partial charge in [0.25, 0.3) is 0 Å². The van der Waals surface area contributed by atoms with Crippen molar-refractivity contribution in [1.82, 2.24) is 5.32 Å². The Balaban J connectivity index is 1.11. The molecule has 1 aliphatic rings. The Hall–Kier alpha value is -6.52. The van der Waals surface area contributed by atoms with Gasteiger partial charge >= 0.3 is 0 Å². The van der Waals surface area contributed by atoms with Crippen molar-refractivity contribution in [2.24, 2.45) is 9.98 Å². The summed E-state index contributed by atoms with van der Waals surface area (Å²) >= 11 is 0. The van der Waals surface area contributed by atoms with Crippen LogP contribution in [0.4, 0.5) is 0 Å². The first-order valence-corrected chi connectivity index (χ1v) is 16.6. The molecule has 10 rings (SSSR count). The molecule has 2 heterocycles. The van der Waals surface area contributed by atoms with Gasteiger partial charge in [-0.05, 0) is 79.3 Å². The average molecular weight is 628 g/mol. The second-order valence-corrected chi connectivity index (χ2v) is 12.6. The number of amidine groups is 2. The highest BCUT2D eigenvalue weighted by atomic mass is 16.3. The third-order valence-corrected chi connectivity index (χ3v) is 9.70. The Labute approximate surface area is 282 Å². The molecule has 49 heavy (non-hydrogen) atoms. The average Bonchev–Trinajstić information content (AvgIpc) is 3.56. The minimum Gasteiger partial charge on any atom is -0.456 e. The van der Waals surface area contributed by atoms with Crippen molar-refractivity contribution in [2.45, 2.75) is 6.17 Å². The van der Waals surface area contributed by atoms with Crippen molar-refractivity contribution in [3.05, 3.63) is 180 Å². The van der Waals surface area contributed by atoms with Crippen LogP contribution in [-0.4, -0.2) is 11.7 Å². The summed E-state index contributed by atoms with van der Waals surface area (Å²) < 4.78 is 6.56. The zero-order valence-electron chi connectivity index (χ0n) is 26.5. The predicted octanol–water partition coefficient (Wildman–Crippen LogP) is 11.2. The number of furan rings is 1. The lowest BCUT2D eigenvalue weighted by molar-refractivity contribution is 0.668. The monoisotopic (exact) mass is 627 g/mol. The summed E-state index contributed by atoms with van der Waals surface area (Å²) in [6.45, 7) is 0. The van der Waals surface area contributed by atoms with Crippen LogP contribution in [0.15, 0.2) is 178 Å². The third-order valence-electron chi connectivity index (χ3n) is 9.70. The first-order chi connectivity index (χ1) is 24.2. The lowest BCUT2D eigenvalue weighted by Gasteiger charge is -2.24.